The number of rotatable bonds is 3. The second kappa shape index (κ2) is 5.83. The maximum Gasteiger partial charge on any atom is 0.311 e. The lowest BCUT2D eigenvalue weighted by Gasteiger charge is -2.42. The van der Waals surface area contributed by atoms with Gasteiger partial charge in [-0.25, -0.2) is 0 Å². The van der Waals surface area contributed by atoms with E-state index in [1.54, 1.807) is 6.20 Å². The monoisotopic (exact) mass is 328 g/mol. The molecule has 1 aliphatic rings. The fraction of sp³-hybridized carbons (Fsp3) is 0.583. The van der Waals surface area contributed by atoms with Gasteiger partial charge in [-0.15, -0.1) is 0 Å². The lowest BCUT2D eigenvalue weighted by Crippen LogP contribution is -2.49. The zero-order chi connectivity index (χ0) is 14.0. The highest BCUT2D eigenvalue weighted by Crippen LogP contribution is 2.39. The molecule has 1 aromatic rings. The van der Waals surface area contributed by atoms with Crippen LogP contribution in [0.1, 0.15) is 26.2 Å². The normalized spacial score (nSPS) is 23.4. The molecule has 0 aliphatic carbocycles. The van der Waals surface area contributed by atoms with Crippen molar-refractivity contribution in [3.8, 4) is 0 Å². The smallest absolute Gasteiger partial charge is 0.311 e. The van der Waals surface area contributed by atoms with Gasteiger partial charge in [0.25, 0.3) is 0 Å². The summed E-state index contributed by atoms with van der Waals surface area (Å²) < 4.78 is 0.647. The highest BCUT2D eigenvalue weighted by Gasteiger charge is 2.33. The predicted molar refractivity (Wildman–Crippen MR) is 77.2 cm³/mol. The molecule has 0 saturated carbocycles. The quantitative estimate of drug-likeness (QED) is 0.680. The van der Waals surface area contributed by atoms with Crippen molar-refractivity contribution in [2.75, 3.05) is 11.4 Å². The summed E-state index contributed by atoms with van der Waals surface area (Å²) in [5.74, 6) is 0. The molecule has 0 amide bonds. The second-order valence-electron chi connectivity index (χ2n) is 4.82. The first kappa shape index (κ1) is 14.2. The van der Waals surface area contributed by atoms with E-state index in [9.17, 15) is 10.1 Å². The van der Waals surface area contributed by atoms with Crippen LogP contribution in [0.25, 0.3) is 0 Å². The third kappa shape index (κ3) is 2.71. The standard InChI is InChI=1S/C12H17BrN4O2/c1-8-3-2-4-9(5-14)16(8)12-10(13)6-15-7-11(12)17(18)19/h6-9H,2-5,14H2,1H3. The predicted octanol–water partition coefficient (Wildman–Crippen LogP) is 2.46. The number of hydrogen-bond donors (Lipinski definition) is 1. The average Bonchev–Trinajstić information content (AvgIpc) is 2.38. The van der Waals surface area contributed by atoms with E-state index >= 15 is 0 Å². The summed E-state index contributed by atoms with van der Waals surface area (Å²) in [6.07, 6.45) is 5.98. The van der Waals surface area contributed by atoms with Crippen LogP contribution >= 0.6 is 15.9 Å². The van der Waals surface area contributed by atoms with Gasteiger partial charge in [0.05, 0.1) is 9.40 Å². The van der Waals surface area contributed by atoms with Gasteiger partial charge in [0.2, 0.25) is 0 Å². The average molecular weight is 329 g/mol. The molecule has 2 atom stereocenters. The number of pyridine rings is 1. The van der Waals surface area contributed by atoms with Crippen LogP contribution in [0, 0.1) is 10.1 Å². The maximum atomic E-state index is 11.2. The summed E-state index contributed by atoms with van der Waals surface area (Å²) in [5, 5.41) is 11.2. The molecule has 19 heavy (non-hydrogen) atoms. The van der Waals surface area contributed by atoms with Crippen molar-refractivity contribution in [3.05, 3.63) is 27.0 Å². The van der Waals surface area contributed by atoms with E-state index < -0.39 is 0 Å². The Hall–Kier alpha value is -1.21. The lowest BCUT2D eigenvalue weighted by molar-refractivity contribution is -0.384. The summed E-state index contributed by atoms with van der Waals surface area (Å²) in [4.78, 5) is 16.8. The second-order valence-corrected chi connectivity index (χ2v) is 5.68. The number of nitrogens with two attached hydrogens (primary N) is 1. The fourth-order valence-corrected chi connectivity index (χ4v) is 3.25. The molecule has 104 valence electrons. The molecular formula is C12H17BrN4O2. The van der Waals surface area contributed by atoms with Crippen molar-refractivity contribution in [3.63, 3.8) is 0 Å². The van der Waals surface area contributed by atoms with Gasteiger partial charge < -0.3 is 10.6 Å². The van der Waals surface area contributed by atoms with E-state index in [1.807, 2.05) is 0 Å². The largest absolute Gasteiger partial charge is 0.358 e. The van der Waals surface area contributed by atoms with Gasteiger partial charge in [0.15, 0.2) is 0 Å². The summed E-state index contributed by atoms with van der Waals surface area (Å²) >= 11 is 3.39. The Kier molecular flexibility index (Phi) is 4.36. The van der Waals surface area contributed by atoms with E-state index in [-0.39, 0.29) is 22.7 Å². The Morgan fingerprint density at radius 1 is 1.58 bits per heavy atom. The molecular weight excluding hydrogens is 312 g/mol. The Labute approximate surface area is 120 Å². The molecule has 1 aromatic heterocycles. The Morgan fingerprint density at radius 2 is 2.32 bits per heavy atom. The lowest BCUT2D eigenvalue weighted by atomic mass is 9.95. The first-order valence-electron chi connectivity index (χ1n) is 6.32. The number of nitro groups is 1. The highest BCUT2D eigenvalue weighted by molar-refractivity contribution is 9.10. The number of piperidine rings is 1. The molecule has 2 unspecified atom stereocenters. The molecule has 0 bridgehead atoms. The molecule has 1 aliphatic heterocycles. The van der Waals surface area contributed by atoms with Gasteiger partial charge in [-0.05, 0) is 42.1 Å². The van der Waals surface area contributed by atoms with Crippen molar-refractivity contribution in [2.45, 2.75) is 38.3 Å². The minimum atomic E-state index is -0.387. The van der Waals surface area contributed by atoms with Crippen LogP contribution in [0.3, 0.4) is 0 Å². The van der Waals surface area contributed by atoms with Gasteiger partial charge in [-0.2, -0.15) is 0 Å². The first-order valence-corrected chi connectivity index (χ1v) is 7.11. The van der Waals surface area contributed by atoms with Crippen molar-refractivity contribution in [1.29, 1.82) is 0 Å². The van der Waals surface area contributed by atoms with Crippen LogP contribution in [0.15, 0.2) is 16.9 Å². The number of hydrogen-bond acceptors (Lipinski definition) is 5. The van der Waals surface area contributed by atoms with Crippen molar-refractivity contribution < 1.29 is 4.92 Å². The molecule has 0 aromatic carbocycles. The topological polar surface area (TPSA) is 85.3 Å². The molecule has 2 N–H and O–H groups in total. The minimum Gasteiger partial charge on any atom is -0.358 e. The zero-order valence-electron chi connectivity index (χ0n) is 10.8. The summed E-state index contributed by atoms with van der Waals surface area (Å²) in [5.41, 5.74) is 6.46. The zero-order valence-corrected chi connectivity index (χ0v) is 12.3. The Bertz CT molecular complexity index is 483. The van der Waals surface area contributed by atoms with Crippen LogP contribution < -0.4 is 10.6 Å². The van der Waals surface area contributed by atoms with Gasteiger partial charge in [0, 0.05) is 24.8 Å². The first-order chi connectivity index (χ1) is 9.06. The summed E-state index contributed by atoms with van der Waals surface area (Å²) in [7, 11) is 0. The van der Waals surface area contributed by atoms with Gasteiger partial charge in [-0.1, -0.05) is 0 Å². The SMILES string of the molecule is CC1CCCC(CN)N1c1c(Br)cncc1[N+](=O)[O-]. The molecule has 7 heteroatoms. The molecule has 0 radical (unpaired) electrons. The Balaban J connectivity index is 2.51. The van der Waals surface area contributed by atoms with Crippen LogP contribution in [0.4, 0.5) is 11.4 Å². The van der Waals surface area contributed by atoms with Crippen LogP contribution in [0.5, 0.6) is 0 Å². The van der Waals surface area contributed by atoms with E-state index in [0.29, 0.717) is 16.7 Å². The van der Waals surface area contributed by atoms with Crippen molar-refractivity contribution >= 4 is 27.3 Å². The molecule has 6 nitrogen and oxygen atoms in total. The van der Waals surface area contributed by atoms with Crippen molar-refractivity contribution in [2.24, 2.45) is 5.73 Å². The molecule has 2 heterocycles. The third-order valence-corrected chi connectivity index (χ3v) is 4.19. The van der Waals surface area contributed by atoms with Gasteiger partial charge in [-0.3, -0.25) is 15.1 Å². The van der Waals surface area contributed by atoms with Gasteiger partial charge in [0.1, 0.15) is 11.9 Å². The number of nitrogens with zero attached hydrogens (tertiary/aromatic N) is 3. The van der Waals surface area contributed by atoms with E-state index in [0.717, 1.165) is 19.3 Å². The van der Waals surface area contributed by atoms with Crippen molar-refractivity contribution in [1.82, 2.24) is 4.98 Å². The van der Waals surface area contributed by atoms with Crippen LogP contribution in [-0.2, 0) is 0 Å². The molecule has 2 rings (SSSR count). The van der Waals surface area contributed by atoms with E-state index in [2.05, 4.69) is 32.7 Å². The number of aromatic nitrogens is 1. The highest BCUT2D eigenvalue weighted by atomic mass is 79.9. The molecule has 1 saturated heterocycles. The summed E-state index contributed by atoms with van der Waals surface area (Å²) in [6, 6.07) is 0.376. The van der Waals surface area contributed by atoms with E-state index in [1.165, 1.54) is 6.20 Å². The Morgan fingerprint density at radius 3 is 2.95 bits per heavy atom. The number of halogens is 1. The van der Waals surface area contributed by atoms with Crippen LogP contribution in [-0.4, -0.2) is 28.5 Å². The minimum absolute atomic E-state index is 0.0292. The molecule has 0 spiro atoms. The number of anilines is 1. The van der Waals surface area contributed by atoms with Gasteiger partial charge >= 0.3 is 5.69 Å². The fourth-order valence-electron chi connectivity index (χ4n) is 2.73. The maximum absolute atomic E-state index is 11.2. The molecule has 1 fully saturated rings. The summed E-state index contributed by atoms with van der Waals surface area (Å²) in [6.45, 7) is 2.58. The van der Waals surface area contributed by atoms with E-state index in [4.69, 9.17) is 5.73 Å². The van der Waals surface area contributed by atoms with Crippen LogP contribution in [0.2, 0.25) is 0 Å². The third-order valence-electron chi connectivity index (χ3n) is 3.61.